The summed E-state index contributed by atoms with van der Waals surface area (Å²) >= 11 is 0. The van der Waals surface area contributed by atoms with Crippen molar-refractivity contribution in [1.29, 1.82) is 0 Å². The summed E-state index contributed by atoms with van der Waals surface area (Å²) < 4.78 is 0.865. The molecule has 0 aliphatic carbocycles. The van der Waals surface area contributed by atoms with Gasteiger partial charge >= 0.3 is 0 Å². The van der Waals surface area contributed by atoms with Gasteiger partial charge in [0.2, 0.25) is 0 Å². The van der Waals surface area contributed by atoms with E-state index in [4.69, 9.17) is 4.99 Å². The third-order valence-electron chi connectivity index (χ3n) is 6.89. The average molecular weight is 477 g/mol. The smallest absolute Gasteiger partial charge is 0.198 e. The van der Waals surface area contributed by atoms with Gasteiger partial charge in [-0.05, 0) is 32.1 Å². The van der Waals surface area contributed by atoms with Crippen molar-refractivity contribution < 1.29 is 22.0 Å². The lowest BCUT2D eigenvalue weighted by Crippen LogP contribution is -3.00. The Kier molecular flexibility index (Phi) is 17.4. The highest BCUT2D eigenvalue weighted by molar-refractivity contribution is 5.76. The average Bonchev–Trinajstić information content (AvgIpc) is 3.19. The molecule has 1 aliphatic rings. The van der Waals surface area contributed by atoms with Gasteiger partial charge in [0.25, 0.3) is 0 Å². The Hall–Kier alpha value is -1.16. The van der Waals surface area contributed by atoms with Crippen molar-refractivity contribution >= 4 is 5.84 Å². The van der Waals surface area contributed by atoms with Crippen LogP contribution in [0.3, 0.4) is 0 Å². The number of aliphatic hydroxyl groups excluding tert-OH is 1. The van der Waals surface area contributed by atoms with Crippen LogP contribution in [0.15, 0.2) is 47.5 Å². The molecule has 0 fully saturated rings. The zero-order chi connectivity index (χ0) is 22.7. The van der Waals surface area contributed by atoms with Crippen LogP contribution in [0, 0.1) is 0 Å². The Bertz CT molecular complexity index is 646. The number of aliphatic imine (C=N–C) groups is 1. The van der Waals surface area contributed by atoms with Gasteiger partial charge < -0.3 is 17.5 Å². The summed E-state index contributed by atoms with van der Waals surface area (Å²) in [5.74, 6) is 1.32. The summed E-state index contributed by atoms with van der Waals surface area (Å²) in [6.07, 6.45) is 23.3. The van der Waals surface area contributed by atoms with E-state index in [0.717, 1.165) is 37.1 Å². The first-order valence-electron chi connectivity index (χ1n) is 13.5. The molecule has 1 heterocycles. The van der Waals surface area contributed by atoms with E-state index in [0.29, 0.717) is 0 Å². The third-order valence-corrected chi connectivity index (χ3v) is 6.89. The van der Waals surface area contributed by atoms with Crippen molar-refractivity contribution in [1.82, 2.24) is 0 Å². The number of rotatable bonds is 19. The maximum absolute atomic E-state index is 9.72. The van der Waals surface area contributed by atoms with Crippen LogP contribution in [0.25, 0.3) is 0 Å². The van der Waals surface area contributed by atoms with Gasteiger partial charge in [-0.3, -0.25) is 4.48 Å². The topological polar surface area (TPSA) is 32.6 Å². The predicted octanol–water partition coefficient (Wildman–Crippen LogP) is 4.45. The van der Waals surface area contributed by atoms with Crippen LogP contribution in [0.4, 0.5) is 0 Å². The maximum Gasteiger partial charge on any atom is 0.198 e. The molecule has 1 aromatic carbocycles. The molecule has 4 heteroatoms. The summed E-state index contributed by atoms with van der Waals surface area (Å²) in [6.45, 7) is 6.22. The molecule has 0 saturated carbocycles. The molecule has 0 aromatic heterocycles. The van der Waals surface area contributed by atoms with Crippen molar-refractivity contribution in [3.8, 4) is 0 Å². The molecule has 33 heavy (non-hydrogen) atoms. The number of aliphatic hydroxyl groups is 1. The lowest BCUT2D eigenvalue weighted by atomic mass is 10.1. The number of nitrogens with zero attached hydrogens (tertiary/aromatic N) is 2. The molecule has 1 aliphatic heterocycles. The molecule has 188 valence electrons. The van der Waals surface area contributed by atoms with Crippen LogP contribution in [0.2, 0.25) is 0 Å². The van der Waals surface area contributed by atoms with Gasteiger partial charge in [-0.25, -0.2) is 4.99 Å². The molecule has 2 rings (SSSR count). The number of hydrogen-bond acceptors (Lipinski definition) is 2. The highest BCUT2D eigenvalue weighted by Gasteiger charge is 2.37. The fraction of sp³-hybridized carbons (Fsp3) is 0.690. The minimum atomic E-state index is 0. The van der Waals surface area contributed by atoms with Crippen molar-refractivity contribution in [3.63, 3.8) is 0 Å². The highest BCUT2D eigenvalue weighted by atomic mass is 35.5. The van der Waals surface area contributed by atoms with E-state index >= 15 is 0 Å². The summed E-state index contributed by atoms with van der Waals surface area (Å²) in [5, 5.41) is 9.72. The normalized spacial score (nSPS) is 17.9. The largest absolute Gasteiger partial charge is 1.00 e. The molecule has 0 saturated heterocycles. The first-order chi connectivity index (χ1) is 15.8. The van der Waals surface area contributed by atoms with Crippen LogP contribution in [0.1, 0.15) is 102 Å². The first-order valence-corrected chi connectivity index (χ1v) is 13.5. The van der Waals surface area contributed by atoms with Crippen molar-refractivity contribution in [2.45, 2.75) is 103 Å². The standard InChI is InChI=1S/C29H49N2O.ClH/c1-2-3-4-5-6-7-8-9-10-11-12-13-14-15-19-22-29-30-23-24-31(29,25-26-32)27-28-20-17-16-18-21-28;/h9-10,16-18,20-21,32H,2-8,11-15,19,22-27H2,1H3;1H/q+1;/p-1. The van der Waals surface area contributed by atoms with Crippen molar-refractivity contribution in [2.24, 2.45) is 4.99 Å². The minimum absolute atomic E-state index is 0. The minimum Gasteiger partial charge on any atom is -1.00 e. The Morgan fingerprint density at radius 3 is 2.09 bits per heavy atom. The van der Waals surface area contributed by atoms with Gasteiger partial charge in [0.05, 0.1) is 13.2 Å². The number of hydrogen-bond donors (Lipinski definition) is 1. The number of quaternary nitrogens is 1. The van der Waals surface area contributed by atoms with Gasteiger partial charge in [0, 0.05) is 12.0 Å². The number of allylic oxidation sites excluding steroid dienone is 2. The summed E-state index contributed by atoms with van der Waals surface area (Å²) in [7, 11) is 0. The zero-order valence-electron chi connectivity index (χ0n) is 21.2. The summed E-state index contributed by atoms with van der Waals surface area (Å²) in [6, 6.07) is 10.7. The van der Waals surface area contributed by atoms with E-state index in [1.54, 1.807) is 0 Å². The van der Waals surface area contributed by atoms with E-state index in [1.807, 2.05) is 0 Å². The number of amidine groups is 1. The SMILES string of the molecule is CCCCCCCCC=CCCCCCCCC1=NCC[N+]1(CCO)Cc1ccccc1.[Cl-]. The molecular formula is C29H49ClN2O. The molecule has 0 radical (unpaired) electrons. The van der Waals surface area contributed by atoms with Gasteiger partial charge in [-0.1, -0.05) is 101 Å². The lowest BCUT2D eigenvalue weighted by Gasteiger charge is -2.34. The van der Waals surface area contributed by atoms with Crippen LogP contribution in [-0.4, -0.2) is 41.7 Å². The van der Waals surface area contributed by atoms with Gasteiger partial charge in [0.15, 0.2) is 5.84 Å². The number of benzene rings is 1. The molecule has 1 aromatic rings. The van der Waals surface area contributed by atoms with Crippen LogP contribution < -0.4 is 12.4 Å². The summed E-state index contributed by atoms with van der Waals surface area (Å²) in [5.41, 5.74) is 1.35. The fourth-order valence-electron chi connectivity index (χ4n) is 4.93. The van der Waals surface area contributed by atoms with Gasteiger partial charge in [-0.15, -0.1) is 0 Å². The Morgan fingerprint density at radius 2 is 1.45 bits per heavy atom. The van der Waals surface area contributed by atoms with Crippen molar-refractivity contribution in [2.75, 3.05) is 26.2 Å². The van der Waals surface area contributed by atoms with Crippen LogP contribution >= 0.6 is 0 Å². The second-order valence-electron chi connectivity index (χ2n) is 9.59. The second kappa shape index (κ2) is 19.2. The van der Waals surface area contributed by atoms with Gasteiger partial charge in [0.1, 0.15) is 19.6 Å². The predicted molar refractivity (Wildman–Crippen MR) is 139 cm³/mol. The monoisotopic (exact) mass is 476 g/mol. The Morgan fingerprint density at radius 1 is 0.848 bits per heavy atom. The summed E-state index contributed by atoms with van der Waals surface area (Å²) in [4.78, 5) is 4.88. The molecule has 1 N–H and O–H groups in total. The molecular weight excluding hydrogens is 428 g/mol. The van der Waals surface area contributed by atoms with E-state index < -0.39 is 0 Å². The lowest BCUT2D eigenvalue weighted by molar-refractivity contribution is -0.850. The van der Waals surface area contributed by atoms with Gasteiger partial charge in [-0.2, -0.15) is 0 Å². The van der Waals surface area contributed by atoms with Crippen molar-refractivity contribution in [3.05, 3.63) is 48.0 Å². The first kappa shape index (κ1) is 29.9. The van der Waals surface area contributed by atoms with E-state index in [1.165, 1.54) is 94.9 Å². The maximum atomic E-state index is 9.72. The Balaban J connectivity index is 0.00000544. The van der Waals surface area contributed by atoms with Crippen LogP contribution in [-0.2, 0) is 6.54 Å². The molecule has 1 atom stereocenters. The fourth-order valence-corrected chi connectivity index (χ4v) is 4.93. The highest BCUT2D eigenvalue weighted by Crippen LogP contribution is 2.24. The Labute approximate surface area is 210 Å². The number of unbranched alkanes of at least 4 members (excludes halogenated alkanes) is 11. The van der Waals surface area contributed by atoms with E-state index in [-0.39, 0.29) is 19.0 Å². The molecule has 0 bridgehead atoms. The second-order valence-corrected chi connectivity index (χ2v) is 9.59. The van der Waals surface area contributed by atoms with Crippen LogP contribution in [0.5, 0.6) is 0 Å². The molecule has 3 nitrogen and oxygen atoms in total. The molecule has 1 unspecified atom stereocenters. The van der Waals surface area contributed by atoms with E-state index in [2.05, 4.69) is 49.4 Å². The quantitative estimate of drug-likeness (QED) is 0.178. The number of halogens is 1. The molecule has 0 spiro atoms. The van der Waals surface area contributed by atoms with E-state index in [9.17, 15) is 5.11 Å². The zero-order valence-corrected chi connectivity index (χ0v) is 22.0. The third kappa shape index (κ3) is 12.2. The molecule has 0 amide bonds.